The number of esters is 1. The molecule has 4 nitrogen and oxygen atoms in total. The van der Waals surface area contributed by atoms with Crippen molar-refractivity contribution in [2.45, 2.75) is 25.6 Å². The topological polar surface area (TPSA) is 66.8 Å². The molecule has 0 aromatic heterocycles. The summed E-state index contributed by atoms with van der Waals surface area (Å²) in [4.78, 5) is 11.0. The highest BCUT2D eigenvalue weighted by molar-refractivity contribution is 6.31. The first-order chi connectivity index (χ1) is 7.95. The van der Waals surface area contributed by atoms with Gasteiger partial charge in [-0.1, -0.05) is 29.3 Å². The quantitative estimate of drug-likeness (QED) is 0.805. The second-order valence-corrected chi connectivity index (χ2v) is 4.22. The summed E-state index contributed by atoms with van der Waals surface area (Å²) in [5.41, 5.74) is 1.32. The van der Waals surface area contributed by atoms with Gasteiger partial charge in [-0.3, -0.25) is 4.79 Å². The van der Waals surface area contributed by atoms with Crippen molar-refractivity contribution in [3.05, 3.63) is 34.3 Å². The minimum absolute atomic E-state index is 0.276. The number of hydrogen-bond acceptors (Lipinski definition) is 4. The molecule has 0 saturated heterocycles. The first-order valence-corrected chi connectivity index (χ1v) is 5.52. The minimum atomic E-state index is -1.23. The van der Waals surface area contributed by atoms with E-state index in [0.29, 0.717) is 10.6 Å². The molecule has 1 aromatic carbocycles. The summed E-state index contributed by atoms with van der Waals surface area (Å²) >= 11 is 5.92. The summed E-state index contributed by atoms with van der Waals surface area (Å²) in [5, 5.41) is 19.9. The molecule has 0 heterocycles. The van der Waals surface area contributed by atoms with Gasteiger partial charge in [-0.25, -0.2) is 0 Å². The lowest BCUT2D eigenvalue weighted by molar-refractivity contribution is -0.144. The van der Waals surface area contributed by atoms with Crippen LogP contribution in [-0.4, -0.2) is 29.4 Å². The van der Waals surface area contributed by atoms with Gasteiger partial charge in [-0.05, 0) is 13.0 Å². The number of halogens is 1. The molecule has 5 heteroatoms. The number of aliphatic hydroxyl groups is 2. The maximum Gasteiger partial charge on any atom is 0.308 e. The van der Waals surface area contributed by atoms with Crippen LogP contribution in [0.25, 0.3) is 0 Å². The number of ether oxygens (including phenoxy) is 1. The Balaban J connectivity index is 2.84. The zero-order chi connectivity index (χ0) is 13.0. The number of rotatable bonds is 4. The molecule has 0 radical (unpaired) electrons. The fraction of sp³-hybridized carbons (Fsp3) is 0.417. The Morgan fingerprint density at radius 1 is 1.47 bits per heavy atom. The third-order valence-electron chi connectivity index (χ3n) is 2.44. The molecule has 0 amide bonds. The van der Waals surface area contributed by atoms with Gasteiger partial charge in [0.25, 0.3) is 0 Å². The Labute approximate surface area is 105 Å². The largest absolute Gasteiger partial charge is 0.469 e. The van der Waals surface area contributed by atoms with Crippen LogP contribution in [-0.2, 0) is 9.53 Å². The van der Waals surface area contributed by atoms with E-state index < -0.39 is 18.2 Å². The zero-order valence-electron chi connectivity index (χ0n) is 9.68. The van der Waals surface area contributed by atoms with Gasteiger partial charge in [0, 0.05) is 10.6 Å². The fourth-order valence-corrected chi connectivity index (χ4v) is 1.69. The van der Waals surface area contributed by atoms with Crippen LogP contribution in [0.2, 0.25) is 5.02 Å². The standard InChI is InChI=1S/C12H15ClO4/c1-7-3-4-9(13)8(5-7)12(16)10(14)6-11(15)17-2/h3-5,10,12,14,16H,6H2,1-2H3. The molecule has 1 rings (SSSR count). The highest BCUT2D eigenvalue weighted by Crippen LogP contribution is 2.27. The van der Waals surface area contributed by atoms with E-state index >= 15 is 0 Å². The summed E-state index contributed by atoms with van der Waals surface area (Å²) in [7, 11) is 1.22. The number of benzene rings is 1. The number of hydrogen-bond donors (Lipinski definition) is 2. The summed E-state index contributed by atoms with van der Waals surface area (Å²) < 4.78 is 4.42. The van der Waals surface area contributed by atoms with Gasteiger partial charge in [0.2, 0.25) is 0 Å². The lowest BCUT2D eigenvalue weighted by Gasteiger charge is -2.18. The molecular formula is C12H15ClO4. The normalized spacial score (nSPS) is 14.2. The van der Waals surface area contributed by atoms with Gasteiger partial charge in [0.05, 0.1) is 19.6 Å². The molecule has 0 fully saturated rings. The van der Waals surface area contributed by atoms with Crippen molar-refractivity contribution < 1.29 is 19.7 Å². The van der Waals surface area contributed by atoms with Crippen molar-refractivity contribution in [2.75, 3.05) is 7.11 Å². The van der Waals surface area contributed by atoms with Gasteiger partial charge < -0.3 is 14.9 Å². The summed E-state index contributed by atoms with van der Waals surface area (Å²) in [6, 6.07) is 5.11. The molecule has 0 bridgehead atoms. The van der Waals surface area contributed by atoms with Gasteiger partial charge >= 0.3 is 5.97 Å². The summed E-state index contributed by atoms with van der Waals surface area (Å²) in [5.74, 6) is -0.583. The molecule has 0 aliphatic carbocycles. The van der Waals surface area contributed by atoms with Gasteiger partial charge in [-0.15, -0.1) is 0 Å². The highest BCUT2D eigenvalue weighted by Gasteiger charge is 2.23. The number of methoxy groups -OCH3 is 1. The third kappa shape index (κ3) is 3.70. The number of carbonyl (C=O) groups is 1. The lowest BCUT2D eigenvalue weighted by atomic mass is 10.0. The van der Waals surface area contributed by atoms with Crippen LogP contribution < -0.4 is 0 Å². The van der Waals surface area contributed by atoms with E-state index in [1.807, 2.05) is 6.92 Å². The summed E-state index contributed by atoms with van der Waals surface area (Å²) in [6.07, 6.45) is -2.72. The van der Waals surface area contributed by atoms with E-state index in [1.165, 1.54) is 7.11 Å². The molecule has 94 valence electrons. The Hall–Kier alpha value is -1.10. The molecule has 0 spiro atoms. The monoisotopic (exact) mass is 258 g/mol. The van der Waals surface area contributed by atoms with Crippen LogP contribution in [0.4, 0.5) is 0 Å². The average Bonchev–Trinajstić information content (AvgIpc) is 2.31. The number of aliphatic hydroxyl groups excluding tert-OH is 2. The van der Waals surface area contributed by atoms with Gasteiger partial charge in [-0.2, -0.15) is 0 Å². The zero-order valence-corrected chi connectivity index (χ0v) is 10.4. The van der Waals surface area contributed by atoms with Crippen molar-refractivity contribution in [3.63, 3.8) is 0 Å². The van der Waals surface area contributed by atoms with E-state index in [2.05, 4.69) is 4.74 Å². The van der Waals surface area contributed by atoms with E-state index in [9.17, 15) is 15.0 Å². The molecule has 2 unspecified atom stereocenters. The lowest BCUT2D eigenvalue weighted by Crippen LogP contribution is -2.22. The molecule has 2 N–H and O–H groups in total. The predicted octanol–water partition coefficient (Wildman–Crippen LogP) is 1.61. The van der Waals surface area contributed by atoms with E-state index in [1.54, 1.807) is 18.2 Å². The molecule has 17 heavy (non-hydrogen) atoms. The van der Waals surface area contributed by atoms with Crippen molar-refractivity contribution in [3.8, 4) is 0 Å². The molecule has 0 aliphatic heterocycles. The highest BCUT2D eigenvalue weighted by atomic mass is 35.5. The molecule has 0 saturated carbocycles. The van der Waals surface area contributed by atoms with E-state index in [0.717, 1.165) is 5.56 Å². The third-order valence-corrected chi connectivity index (χ3v) is 2.78. The Kier molecular flexibility index (Phi) is 4.93. The maximum atomic E-state index is 11.0. The molecule has 0 aliphatic rings. The van der Waals surface area contributed by atoms with Gasteiger partial charge in [0.1, 0.15) is 6.10 Å². The minimum Gasteiger partial charge on any atom is -0.469 e. The van der Waals surface area contributed by atoms with Crippen molar-refractivity contribution in [2.24, 2.45) is 0 Å². The van der Waals surface area contributed by atoms with E-state index in [-0.39, 0.29) is 6.42 Å². The Bertz CT molecular complexity index is 405. The Morgan fingerprint density at radius 3 is 2.71 bits per heavy atom. The summed E-state index contributed by atoms with van der Waals surface area (Å²) in [6.45, 7) is 1.85. The van der Waals surface area contributed by atoms with Crippen LogP contribution in [0.1, 0.15) is 23.7 Å². The molecular weight excluding hydrogens is 244 g/mol. The maximum absolute atomic E-state index is 11.0. The van der Waals surface area contributed by atoms with E-state index in [4.69, 9.17) is 11.6 Å². The fourth-order valence-electron chi connectivity index (χ4n) is 1.46. The van der Waals surface area contributed by atoms with Crippen LogP contribution >= 0.6 is 11.6 Å². The predicted molar refractivity (Wildman–Crippen MR) is 63.8 cm³/mol. The average molecular weight is 259 g/mol. The van der Waals surface area contributed by atoms with Crippen molar-refractivity contribution >= 4 is 17.6 Å². The molecule has 1 aromatic rings. The van der Waals surface area contributed by atoms with Crippen LogP contribution in [0.5, 0.6) is 0 Å². The van der Waals surface area contributed by atoms with Crippen LogP contribution in [0.3, 0.4) is 0 Å². The van der Waals surface area contributed by atoms with Gasteiger partial charge in [0.15, 0.2) is 0 Å². The molecule has 2 atom stereocenters. The number of aryl methyl sites for hydroxylation is 1. The van der Waals surface area contributed by atoms with Crippen LogP contribution in [0, 0.1) is 6.92 Å². The number of carbonyl (C=O) groups excluding carboxylic acids is 1. The van der Waals surface area contributed by atoms with Crippen LogP contribution in [0.15, 0.2) is 18.2 Å². The smallest absolute Gasteiger partial charge is 0.308 e. The first-order valence-electron chi connectivity index (χ1n) is 5.14. The Morgan fingerprint density at radius 2 is 2.12 bits per heavy atom. The SMILES string of the molecule is COC(=O)CC(O)C(O)c1cc(C)ccc1Cl. The second kappa shape index (κ2) is 6.00. The first kappa shape index (κ1) is 14.0. The van der Waals surface area contributed by atoms with Crippen molar-refractivity contribution in [1.29, 1.82) is 0 Å². The second-order valence-electron chi connectivity index (χ2n) is 3.82. The van der Waals surface area contributed by atoms with Crippen molar-refractivity contribution in [1.82, 2.24) is 0 Å².